The van der Waals surface area contributed by atoms with Crippen LogP contribution in [0, 0.1) is 12.7 Å². The third-order valence-corrected chi connectivity index (χ3v) is 3.13. The molecule has 2 N–H and O–H groups in total. The van der Waals surface area contributed by atoms with Gasteiger partial charge in [-0.15, -0.1) is 0 Å². The Kier molecular flexibility index (Phi) is 4.31. The van der Waals surface area contributed by atoms with E-state index in [9.17, 15) is 9.18 Å². The first kappa shape index (κ1) is 13.7. The molecule has 0 bridgehead atoms. The molecule has 1 aliphatic heterocycles. The summed E-state index contributed by atoms with van der Waals surface area (Å²) in [5.74, 6) is 0.0559. The largest absolute Gasteiger partial charge is 0.481 e. The summed E-state index contributed by atoms with van der Waals surface area (Å²) in [5.41, 5.74) is 0.999. The van der Waals surface area contributed by atoms with Crippen molar-refractivity contribution in [2.75, 3.05) is 13.7 Å². The number of carbonyl (C=O) groups is 1. The molecule has 1 aromatic rings. The standard InChI is InChI=1S/C13H18FN3O2/c1-8-5-11(14)10(13(16-8)19-2)7-15-6-9-3-4-12(18)17-9/h5,9,15H,3-4,6-7H2,1-2H3,(H,17,18). The number of nitrogens with one attached hydrogen (secondary N) is 2. The number of aromatic nitrogens is 1. The van der Waals surface area contributed by atoms with Crippen molar-refractivity contribution in [3.63, 3.8) is 0 Å². The van der Waals surface area contributed by atoms with Crippen molar-refractivity contribution in [2.24, 2.45) is 0 Å². The predicted octanol–water partition coefficient (Wildman–Crippen LogP) is 0.906. The maximum atomic E-state index is 13.8. The van der Waals surface area contributed by atoms with E-state index in [2.05, 4.69) is 15.6 Å². The zero-order valence-corrected chi connectivity index (χ0v) is 11.1. The fourth-order valence-corrected chi connectivity index (χ4v) is 2.16. The smallest absolute Gasteiger partial charge is 0.220 e. The van der Waals surface area contributed by atoms with Gasteiger partial charge in [0.1, 0.15) is 5.82 Å². The van der Waals surface area contributed by atoms with Crippen LogP contribution in [0.5, 0.6) is 5.88 Å². The van der Waals surface area contributed by atoms with E-state index in [0.29, 0.717) is 36.6 Å². The Labute approximate surface area is 111 Å². The van der Waals surface area contributed by atoms with Gasteiger partial charge in [-0.3, -0.25) is 4.79 Å². The molecule has 1 aliphatic rings. The molecule has 1 amide bonds. The van der Waals surface area contributed by atoms with Crippen molar-refractivity contribution in [1.82, 2.24) is 15.6 Å². The molecule has 104 valence electrons. The molecule has 1 atom stereocenters. The number of pyridine rings is 1. The maximum absolute atomic E-state index is 13.8. The molecular formula is C13H18FN3O2. The fourth-order valence-electron chi connectivity index (χ4n) is 2.16. The Morgan fingerprint density at radius 3 is 3.05 bits per heavy atom. The number of amides is 1. The summed E-state index contributed by atoms with van der Waals surface area (Å²) in [6.45, 7) is 2.66. The summed E-state index contributed by atoms with van der Waals surface area (Å²) in [5, 5.41) is 5.97. The monoisotopic (exact) mass is 267 g/mol. The van der Waals surface area contributed by atoms with Gasteiger partial charge in [0.05, 0.1) is 12.7 Å². The van der Waals surface area contributed by atoms with Gasteiger partial charge in [-0.25, -0.2) is 9.37 Å². The highest BCUT2D eigenvalue weighted by atomic mass is 19.1. The average molecular weight is 267 g/mol. The second kappa shape index (κ2) is 5.97. The molecule has 5 nitrogen and oxygen atoms in total. The van der Waals surface area contributed by atoms with E-state index in [4.69, 9.17) is 4.74 Å². The average Bonchev–Trinajstić information content (AvgIpc) is 2.77. The number of hydrogen-bond acceptors (Lipinski definition) is 4. The minimum atomic E-state index is -0.327. The van der Waals surface area contributed by atoms with Crippen LogP contribution in [0.4, 0.5) is 4.39 Å². The Morgan fingerprint density at radius 2 is 2.42 bits per heavy atom. The summed E-state index contributed by atoms with van der Waals surface area (Å²) in [6, 6.07) is 1.51. The Bertz CT molecular complexity index is 479. The first-order valence-corrected chi connectivity index (χ1v) is 6.30. The highest BCUT2D eigenvalue weighted by molar-refractivity contribution is 5.78. The van der Waals surface area contributed by atoms with E-state index >= 15 is 0 Å². The van der Waals surface area contributed by atoms with E-state index in [1.54, 1.807) is 6.92 Å². The van der Waals surface area contributed by atoms with Crippen molar-refractivity contribution >= 4 is 5.91 Å². The molecule has 0 aromatic carbocycles. The third-order valence-electron chi connectivity index (χ3n) is 3.13. The predicted molar refractivity (Wildman–Crippen MR) is 68.4 cm³/mol. The lowest BCUT2D eigenvalue weighted by molar-refractivity contribution is -0.119. The van der Waals surface area contributed by atoms with E-state index in [1.165, 1.54) is 13.2 Å². The van der Waals surface area contributed by atoms with Crippen LogP contribution in [0.15, 0.2) is 6.07 Å². The van der Waals surface area contributed by atoms with Gasteiger partial charge in [0.2, 0.25) is 11.8 Å². The molecule has 0 saturated carbocycles. The molecule has 6 heteroatoms. The van der Waals surface area contributed by atoms with Gasteiger partial charge in [0.15, 0.2) is 0 Å². The number of halogens is 1. The molecule has 0 radical (unpaired) electrons. The summed E-state index contributed by atoms with van der Waals surface area (Å²) in [7, 11) is 1.47. The number of ether oxygens (including phenoxy) is 1. The van der Waals surface area contributed by atoms with Gasteiger partial charge in [0, 0.05) is 31.2 Å². The van der Waals surface area contributed by atoms with Crippen LogP contribution in [0.1, 0.15) is 24.1 Å². The highest BCUT2D eigenvalue weighted by Crippen LogP contribution is 2.19. The topological polar surface area (TPSA) is 63.2 Å². The Hall–Kier alpha value is -1.69. The van der Waals surface area contributed by atoms with Crippen LogP contribution in [0.2, 0.25) is 0 Å². The van der Waals surface area contributed by atoms with Crippen molar-refractivity contribution < 1.29 is 13.9 Å². The lowest BCUT2D eigenvalue weighted by Gasteiger charge is -2.13. The Morgan fingerprint density at radius 1 is 1.63 bits per heavy atom. The first-order chi connectivity index (χ1) is 9.10. The molecule has 0 aliphatic carbocycles. The number of aryl methyl sites for hydroxylation is 1. The van der Waals surface area contributed by atoms with Crippen LogP contribution in [0.3, 0.4) is 0 Å². The molecule has 2 rings (SSSR count). The molecule has 1 fully saturated rings. The van der Waals surface area contributed by atoms with Gasteiger partial charge < -0.3 is 15.4 Å². The number of methoxy groups -OCH3 is 1. The number of nitrogens with zero attached hydrogens (tertiary/aromatic N) is 1. The van der Waals surface area contributed by atoms with Crippen LogP contribution >= 0.6 is 0 Å². The van der Waals surface area contributed by atoms with E-state index in [-0.39, 0.29) is 17.8 Å². The Balaban J connectivity index is 1.93. The van der Waals surface area contributed by atoms with Crippen molar-refractivity contribution in [1.29, 1.82) is 0 Å². The van der Waals surface area contributed by atoms with Gasteiger partial charge in [0.25, 0.3) is 0 Å². The van der Waals surface area contributed by atoms with Gasteiger partial charge in [-0.1, -0.05) is 0 Å². The lowest BCUT2D eigenvalue weighted by Crippen LogP contribution is -2.35. The van der Waals surface area contributed by atoms with Gasteiger partial charge in [-0.05, 0) is 19.4 Å². The van der Waals surface area contributed by atoms with Crippen LogP contribution in [0.25, 0.3) is 0 Å². The molecule has 1 unspecified atom stereocenters. The summed E-state index contributed by atoms with van der Waals surface area (Å²) in [6.07, 6.45) is 1.38. The molecule has 1 aromatic heterocycles. The van der Waals surface area contributed by atoms with Gasteiger partial charge >= 0.3 is 0 Å². The fraction of sp³-hybridized carbons (Fsp3) is 0.538. The normalized spacial score (nSPS) is 18.5. The number of rotatable bonds is 5. The zero-order chi connectivity index (χ0) is 13.8. The number of carbonyl (C=O) groups excluding carboxylic acids is 1. The summed E-state index contributed by atoms with van der Waals surface area (Å²) < 4.78 is 18.9. The van der Waals surface area contributed by atoms with E-state index in [0.717, 1.165) is 6.42 Å². The van der Waals surface area contributed by atoms with Gasteiger partial charge in [-0.2, -0.15) is 0 Å². The number of hydrogen-bond donors (Lipinski definition) is 2. The summed E-state index contributed by atoms with van der Waals surface area (Å²) in [4.78, 5) is 15.2. The van der Waals surface area contributed by atoms with E-state index in [1.807, 2.05) is 0 Å². The SMILES string of the molecule is COc1nc(C)cc(F)c1CNCC1CCC(=O)N1. The third kappa shape index (κ3) is 3.41. The van der Waals surface area contributed by atoms with Crippen LogP contribution < -0.4 is 15.4 Å². The zero-order valence-electron chi connectivity index (χ0n) is 11.1. The van der Waals surface area contributed by atoms with E-state index < -0.39 is 0 Å². The van der Waals surface area contributed by atoms with Crippen molar-refractivity contribution in [2.45, 2.75) is 32.4 Å². The molecule has 19 heavy (non-hydrogen) atoms. The molecule has 0 spiro atoms. The van der Waals surface area contributed by atoms with Crippen LogP contribution in [-0.2, 0) is 11.3 Å². The minimum Gasteiger partial charge on any atom is -0.481 e. The van der Waals surface area contributed by atoms with Crippen molar-refractivity contribution in [3.05, 3.63) is 23.1 Å². The first-order valence-electron chi connectivity index (χ1n) is 6.30. The quantitative estimate of drug-likeness (QED) is 0.832. The lowest BCUT2D eigenvalue weighted by atomic mass is 10.2. The highest BCUT2D eigenvalue weighted by Gasteiger charge is 2.20. The molecule has 1 saturated heterocycles. The van der Waals surface area contributed by atoms with Crippen LogP contribution in [-0.4, -0.2) is 30.6 Å². The van der Waals surface area contributed by atoms with Crippen molar-refractivity contribution in [3.8, 4) is 5.88 Å². The maximum Gasteiger partial charge on any atom is 0.220 e. The second-order valence-corrected chi connectivity index (χ2v) is 4.67. The minimum absolute atomic E-state index is 0.0764. The molecule has 2 heterocycles. The second-order valence-electron chi connectivity index (χ2n) is 4.67. The summed E-state index contributed by atoms with van der Waals surface area (Å²) >= 11 is 0. The molecular weight excluding hydrogens is 249 g/mol.